The highest BCUT2D eigenvalue weighted by Crippen LogP contribution is 2.34. The van der Waals surface area contributed by atoms with Crippen LogP contribution >= 0.6 is 0 Å². The fourth-order valence-electron chi connectivity index (χ4n) is 3.51. The van der Waals surface area contributed by atoms with Crippen molar-refractivity contribution in [3.63, 3.8) is 0 Å². The van der Waals surface area contributed by atoms with Gasteiger partial charge in [0.1, 0.15) is 5.69 Å². The number of hydrogen-bond donors (Lipinski definition) is 0. The van der Waals surface area contributed by atoms with Crippen LogP contribution in [0.4, 0.5) is 0 Å². The molecule has 3 heteroatoms. The van der Waals surface area contributed by atoms with E-state index in [1.807, 2.05) is 71.3 Å². The molecule has 0 saturated heterocycles. The topological polar surface area (TPSA) is 38.5 Å². The van der Waals surface area contributed by atoms with Gasteiger partial charge in [0.15, 0.2) is 6.29 Å². The molecule has 0 saturated carbocycles. The number of carbonyl (C=O) groups is 2. The van der Waals surface area contributed by atoms with Crippen LogP contribution < -0.4 is 0 Å². The summed E-state index contributed by atoms with van der Waals surface area (Å²) in [6.45, 7) is 2.07. The first-order valence-electron chi connectivity index (χ1n) is 9.02. The van der Waals surface area contributed by atoms with Crippen molar-refractivity contribution in [1.82, 2.24) is 4.40 Å². The maximum absolute atomic E-state index is 13.4. The molecule has 3 nitrogen and oxygen atoms in total. The minimum absolute atomic E-state index is 0.0956. The molecule has 4 rings (SSSR count). The summed E-state index contributed by atoms with van der Waals surface area (Å²) in [4.78, 5) is 25.5. The van der Waals surface area contributed by atoms with Gasteiger partial charge in [-0.15, -0.1) is 0 Å². The van der Waals surface area contributed by atoms with Crippen LogP contribution in [0.15, 0.2) is 79.0 Å². The van der Waals surface area contributed by atoms with E-state index in [4.69, 9.17) is 0 Å². The van der Waals surface area contributed by atoms with Crippen molar-refractivity contribution in [2.24, 2.45) is 0 Å². The zero-order valence-electron chi connectivity index (χ0n) is 15.1. The van der Waals surface area contributed by atoms with Gasteiger partial charge in [0, 0.05) is 22.9 Å². The van der Waals surface area contributed by atoms with Crippen LogP contribution in [-0.4, -0.2) is 16.5 Å². The third-order valence-corrected chi connectivity index (χ3v) is 4.88. The number of carbonyl (C=O) groups excluding carboxylic acids is 2. The Bertz CT molecular complexity index is 1130. The fraction of sp³-hybridized carbons (Fsp3) is 0.0833. The van der Waals surface area contributed by atoms with Gasteiger partial charge < -0.3 is 4.40 Å². The average Bonchev–Trinajstić information content (AvgIpc) is 3.07. The van der Waals surface area contributed by atoms with E-state index in [-0.39, 0.29) is 5.78 Å². The monoisotopic (exact) mass is 353 g/mol. The van der Waals surface area contributed by atoms with Crippen LogP contribution in [0.2, 0.25) is 0 Å². The number of fused-ring (bicyclic) bond motifs is 1. The summed E-state index contributed by atoms with van der Waals surface area (Å²) < 4.78 is 1.85. The number of ketones is 1. The van der Waals surface area contributed by atoms with Crippen molar-refractivity contribution in [3.8, 4) is 11.1 Å². The van der Waals surface area contributed by atoms with Gasteiger partial charge in [0.25, 0.3) is 0 Å². The lowest BCUT2D eigenvalue weighted by atomic mass is 9.97. The minimum Gasteiger partial charge on any atom is -0.312 e. The van der Waals surface area contributed by atoms with Crippen LogP contribution in [0.25, 0.3) is 16.6 Å². The third kappa shape index (κ3) is 2.87. The average molecular weight is 353 g/mol. The highest BCUT2D eigenvalue weighted by Gasteiger charge is 2.25. The number of rotatable bonds is 5. The van der Waals surface area contributed by atoms with Gasteiger partial charge in [-0.3, -0.25) is 9.59 Å². The van der Waals surface area contributed by atoms with Gasteiger partial charge >= 0.3 is 0 Å². The van der Waals surface area contributed by atoms with E-state index < -0.39 is 0 Å². The van der Waals surface area contributed by atoms with E-state index in [2.05, 4.69) is 6.92 Å². The largest absolute Gasteiger partial charge is 0.312 e. The SMILES string of the molecule is CCc1ccn2c(C(=O)c3ccccc3)c(-c3ccccc3)c(C=O)c2c1. The molecule has 0 aliphatic rings. The van der Waals surface area contributed by atoms with Crippen molar-refractivity contribution in [3.05, 3.63) is 101 Å². The van der Waals surface area contributed by atoms with E-state index in [0.717, 1.165) is 29.4 Å². The molecule has 2 aromatic carbocycles. The summed E-state index contributed by atoms with van der Waals surface area (Å²) in [5.74, 6) is -0.0956. The predicted octanol–water partition coefficient (Wildman–Crippen LogP) is 5.21. The maximum atomic E-state index is 13.4. The number of aldehydes is 1. The Morgan fingerprint density at radius 1 is 0.963 bits per heavy atom. The molecule has 2 aromatic heterocycles. The number of aromatic nitrogens is 1. The molecule has 0 unspecified atom stereocenters. The zero-order chi connectivity index (χ0) is 18.8. The summed E-state index contributed by atoms with van der Waals surface area (Å²) in [5.41, 5.74) is 5.12. The molecule has 0 amide bonds. The van der Waals surface area contributed by atoms with Gasteiger partial charge in [-0.25, -0.2) is 0 Å². The van der Waals surface area contributed by atoms with E-state index >= 15 is 0 Å². The second-order valence-electron chi connectivity index (χ2n) is 6.46. The first-order chi connectivity index (χ1) is 13.2. The van der Waals surface area contributed by atoms with Gasteiger partial charge in [0.05, 0.1) is 5.52 Å². The molecule has 0 atom stereocenters. The first-order valence-corrected chi connectivity index (χ1v) is 9.02. The quantitative estimate of drug-likeness (QED) is 0.365. The molecule has 0 radical (unpaired) electrons. The fourth-order valence-corrected chi connectivity index (χ4v) is 3.51. The van der Waals surface area contributed by atoms with Crippen LogP contribution in [0.1, 0.15) is 38.9 Å². The van der Waals surface area contributed by atoms with Gasteiger partial charge in [0.2, 0.25) is 5.78 Å². The number of nitrogens with zero attached hydrogens (tertiary/aromatic N) is 1. The molecule has 0 aliphatic carbocycles. The lowest BCUT2D eigenvalue weighted by Crippen LogP contribution is -2.07. The molecule has 27 heavy (non-hydrogen) atoms. The number of pyridine rings is 1. The maximum Gasteiger partial charge on any atom is 0.210 e. The Morgan fingerprint density at radius 2 is 1.63 bits per heavy atom. The Hall–Kier alpha value is -3.46. The van der Waals surface area contributed by atoms with Crippen molar-refractivity contribution < 1.29 is 9.59 Å². The van der Waals surface area contributed by atoms with Gasteiger partial charge in [-0.05, 0) is 29.7 Å². The summed E-state index contributed by atoms with van der Waals surface area (Å²) in [6.07, 6.45) is 3.62. The standard InChI is InChI=1S/C24H19NO2/c1-2-17-13-14-25-21(15-17)20(16-26)22(18-9-5-3-6-10-18)23(25)24(27)19-11-7-4-8-12-19/h3-16H,2H2,1H3. The minimum atomic E-state index is -0.0956. The van der Waals surface area contributed by atoms with E-state index in [0.29, 0.717) is 22.4 Å². The highest BCUT2D eigenvalue weighted by molar-refractivity contribution is 6.16. The summed E-state index contributed by atoms with van der Waals surface area (Å²) >= 11 is 0. The Labute approximate surface area is 157 Å². The number of benzene rings is 2. The van der Waals surface area contributed by atoms with Crippen LogP contribution in [0.3, 0.4) is 0 Å². The molecular weight excluding hydrogens is 334 g/mol. The van der Waals surface area contributed by atoms with Crippen molar-refractivity contribution in [1.29, 1.82) is 0 Å². The molecule has 2 heterocycles. The first kappa shape index (κ1) is 17.0. The zero-order valence-corrected chi connectivity index (χ0v) is 15.1. The number of aryl methyl sites for hydroxylation is 1. The second-order valence-corrected chi connectivity index (χ2v) is 6.46. The molecule has 0 bridgehead atoms. The molecule has 0 aliphatic heterocycles. The van der Waals surface area contributed by atoms with Crippen molar-refractivity contribution in [2.75, 3.05) is 0 Å². The molecule has 0 spiro atoms. The molecule has 4 aromatic rings. The van der Waals surface area contributed by atoms with Crippen LogP contribution in [0.5, 0.6) is 0 Å². The van der Waals surface area contributed by atoms with E-state index in [1.165, 1.54) is 0 Å². The van der Waals surface area contributed by atoms with Gasteiger partial charge in [-0.2, -0.15) is 0 Å². The van der Waals surface area contributed by atoms with Crippen LogP contribution in [0, 0.1) is 0 Å². The summed E-state index contributed by atoms with van der Waals surface area (Å²) in [7, 11) is 0. The lowest BCUT2D eigenvalue weighted by molar-refractivity contribution is 0.103. The molecule has 0 N–H and O–H groups in total. The molecular formula is C24H19NO2. The Balaban J connectivity index is 2.09. The normalized spacial score (nSPS) is 10.9. The van der Waals surface area contributed by atoms with Crippen molar-refractivity contribution in [2.45, 2.75) is 13.3 Å². The lowest BCUT2D eigenvalue weighted by Gasteiger charge is -2.07. The predicted molar refractivity (Wildman–Crippen MR) is 107 cm³/mol. The Kier molecular flexibility index (Phi) is 4.43. The third-order valence-electron chi connectivity index (χ3n) is 4.88. The summed E-state index contributed by atoms with van der Waals surface area (Å²) in [5, 5.41) is 0. The second kappa shape index (κ2) is 7.04. The molecule has 0 fully saturated rings. The highest BCUT2D eigenvalue weighted by atomic mass is 16.1. The van der Waals surface area contributed by atoms with Crippen molar-refractivity contribution >= 4 is 17.6 Å². The summed E-state index contributed by atoms with van der Waals surface area (Å²) in [6, 6.07) is 22.8. The molecule has 132 valence electrons. The number of hydrogen-bond acceptors (Lipinski definition) is 2. The Morgan fingerprint density at radius 3 is 2.26 bits per heavy atom. The van der Waals surface area contributed by atoms with E-state index in [9.17, 15) is 9.59 Å². The van der Waals surface area contributed by atoms with E-state index in [1.54, 1.807) is 12.1 Å². The van der Waals surface area contributed by atoms with Crippen LogP contribution in [-0.2, 0) is 6.42 Å². The van der Waals surface area contributed by atoms with Gasteiger partial charge in [-0.1, -0.05) is 67.6 Å². The smallest absolute Gasteiger partial charge is 0.210 e.